The van der Waals surface area contributed by atoms with Gasteiger partial charge in [0, 0.05) is 37.7 Å². The van der Waals surface area contributed by atoms with Crippen molar-refractivity contribution >= 4 is 17.3 Å². The van der Waals surface area contributed by atoms with E-state index in [0.717, 1.165) is 75.4 Å². The van der Waals surface area contributed by atoms with Crippen LogP contribution in [0.2, 0.25) is 5.02 Å². The highest BCUT2D eigenvalue weighted by atomic mass is 35.5. The van der Waals surface area contributed by atoms with Crippen LogP contribution in [0, 0.1) is 5.92 Å². The number of morpholine rings is 2. The summed E-state index contributed by atoms with van der Waals surface area (Å²) >= 11 is 6.05. The Balaban J connectivity index is 1.54. The van der Waals surface area contributed by atoms with Crippen molar-refractivity contribution in [2.45, 2.75) is 6.23 Å². The van der Waals surface area contributed by atoms with E-state index in [-0.39, 0.29) is 12.1 Å². The molecule has 2 fully saturated rings. The summed E-state index contributed by atoms with van der Waals surface area (Å²) in [6.45, 7) is 7.70. The third kappa shape index (κ3) is 3.99. The highest BCUT2D eigenvalue weighted by Gasteiger charge is 2.40. The summed E-state index contributed by atoms with van der Waals surface area (Å²) in [6.07, 6.45) is -0.0302. The number of rotatable bonds is 4. The van der Waals surface area contributed by atoms with Crippen LogP contribution in [0.5, 0.6) is 0 Å². The standard InChI is InChI=1S/C18H24ClN3O3/c19-15-3-1-14(2-4-15)17-16(13-21-5-9-23-10-6-21)18(25-20-17)22-7-11-24-12-8-22/h1-4,16,18H,5-13H2/t16-,18-/m0/s1. The molecular weight excluding hydrogens is 342 g/mol. The first-order valence-electron chi connectivity index (χ1n) is 8.93. The largest absolute Gasteiger partial charge is 0.379 e. The first-order chi connectivity index (χ1) is 12.3. The number of oxime groups is 1. The van der Waals surface area contributed by atoms with Crippen LogP contribution in [0.15, 0.2) is 29.4 Å². The molecule has 3 aliphatic rings. The van der Waals surface area contributed by atoms with E-state index in [9.17, 15) is 0 Å². The summed E-state index contributed by atoms with van der Waals surface area (Å²) in [4.78, 5) is 10.7. The SMILES string of the molecule is Clc1ccc(C2=NO[C@H](N3CCOCC3)[C@H]2CN2CCOCC2)cc1. The lowest BCUT2D eigenvalue weighted by Gasteiger charge is -2.36. The normalized spacial score (nSPS) is 28.6. The van der Waals surface area contributed by atoms with E-state index >= 15 is 0 Å². The van der Waals surface area contributed by atoms with Crippen molar-refractivity contribution < 1.29 is 14.3 Å². The van der Waals surface area contributed by atoms with Crippen molar-refractivity contribution in [3.63, 3.8) is 0 Å². The van der Waals surface area contributed by atoms with Gasteiger partial charge in [-0.05, 0) is 17.7 Å². The molecule has 136 valence electrons. The average molecular weight is 366 g/mol. The zero-order valence-corrected chi connectivity index (χ0v) is 15.0. The van der Waals surface area contributed by atoms with E-state index < -0.39 is 0 Å². The van der Waals surface area contributed by atoms with Crippen LogP contribution in [0.4, 0.5) is 0 Å². The van der Waals surface area contributed by atoms with Gasteiger partial charge in [0.05, 0.1) is 38.1 Å². The van der Waals surface area contributed by atoms with Gasteiger partial charge in [-0.15, -0.1) is 0 Å². The van der Waals surface area contributed by atoms with Gasteiger partial charge in [0.1, 0.15) is 0 Å². The Bertz CT molecular complexity index is 598. The minimum atomic E-state index is -0.0302. The van der Waals surface area contributed by atoms with Crippen LogP contribution in [0.25, 0.3) is 0 Å². The first kappa shape index (κ1) is 17.2. The Hall–Kier alpha value is -1.18. The first-order valence-corrected chi connectivity index (χ1v) is 9.30. The lowest BCUT2D eigenvalue weighted by Crippen LogP contribution is -2.51. The fraction of sp³-hybridized carbons (Fsp3) is 0.611. The van der Waals surface area contributed by atoms with E-state index in [1.165, 1.54) is 0 Å². The number of hydrogen-bond donors (Lipinski definition) is 0. The van der Waals surface area contributed by atoms with E-state index in [0.29, 0.717) is 0 Å². The molecule has 0 unspecified atom stereocenters. The molecular formula is C18H24ClN3O3. The maximum Gasteiger partial charge on any atom is 0.191 e. The maximum absolute atomic E-state index is 6.05. The second-order valence-electron chi connectivity index (χ2n) is 6.65. The molecule has 6 nitrogen and oxygen atoms in total. The molecule has 3 aliphatic heterocycles. The number of ether oxygens (including phenoxy) is 2. The molecule has 7 heteroatoms. The molecule has 2 atom stereocenters. The van der Waals surface area contributed by atoms with Crippen molar-refractivity contribution in [2.75, 3.05) is 59.2 Å². The van der Waals surface area contributed by atoms with E-state index in [1.54, 1.807) is 0 Å². The van der Waals surface area contributed by atoms with Gasteiger partial charge in [-0.3, -0.25) is 9.80 Å². The topological polar surface area (TPSA) is 46.5 Å². The van der Waals surface area contributed by atoms with Crippen LogP contribution < -0.4 is 0 Å². The summed E-state index contributed by atoms with van der Waals surface area (Å²) in [7, 11) is 0. The summed E-state index contributed by atoms with van der Waals surface area (Å²) in [5.74, 6) is 0.206. The fourth-order valence-corrected chi connectivity index (χ4v) is 3.79. The third-order valence-electron chi connectivity index (χ3n) is 5.06. The van der Waals surface area contributed by atoms with Gasteiger partial charge < -0.3 is 14.3 Å². The summed E-state index contributed by atoms with van der Waals surface area (Å²) in [6, 6.07) is 7.87. The summed E-state index contributed by atoms with van der Waals surface area (Å²) in [5.41, 5.74) is 2.10. The minimum Gasteiger partial charge on any atom is -0.379 e. The molecule has 0 aliphatic carbocycles. The number of benzene rings is 1. The molecule has 0 saturated carbocycles. The third-order valence-corrected chi connectivity index (χ3v) is 5.31. The number of hydrogen-bond acceptors (Lipinski definition) is 6. The smallest absolute Gasteiger partial charge is 0.191 e. The molecule has 2 saturated heterocycles. The van der Waals surface area contributed by atoms with Gasteiger partial charge in [-0.1, -0.05) is 28.9 Å². The van der Waals surface area contributed by atoms with Gasteiger partial charge in [0.2, 0.25) is 0 Å². The summed E-state index contributed by atoms with van der Waals surface area (Å²) < 4.78 is 11.0. The van der Waals surface area contributed by atoms with Crippen LogP contribution in [0.1, 0.15) is 5.56 Å². The molecule has 0 aromatic heterocycles. The molecule has 3 heterocycles. The van der Waals surface area contributed by atoms with Gasteiger partial charge in [0.15, 0.2) is 6.23 Å². The highest BCUT2D eigenvalue weighted by molar-refractivity contribution is 6.30. The molecule has 0 radical (unpaired) electrons. The lowest BCUT2D eigenvalue weighted by atomic mass is 9.94. The Morgan fingerprint density at radius 3 is 2.28 bits per heavy atom. The predicted octanol–water partition coefficient (Wildman–Crippen LogP) is 1.68. The molecule has 0 bridgehead atoms. The van der Waals surface area contributed by atoms with Crippen LogP contribution in [-0.4, -0.2) is 80.9 Å². The Labute approximate surface area is 153 Å². The van der Waals surface area contributed by atoms with Crippen LogP contribution in [-0.2, 0) is 14.3 Å². The fourth-order valence-electron chi connectivity index (χ4n) is 3.67. The zero-order chi connectivity index (χ0) is 17.1. The zero-order valence-electron chi connectivity index (χ0n) is 14.3. The quantitative estimate of drug-likeness (QED) is 0.812. The molecule has 25 heavy (non-hydrogen) atoms. The second kappa shape index (κ2) is 8.01. The van der Waals surface area contributed by atoms with E-state index in [4.69, 9.17) is 25.9 Å². The minimum absolute atomic E-state index is 0.0302. The van der Waals surface area contributed by atoms with Crippen molar-refractivity contribution in [2.24, 2.45) is 11.1 Å². The average Bonchev–Trinajstić information content (AvgIpc) is 3.07. The highest BCUT2D eigenvalue weighted by Crippen LogP contribution is 2.28. The van der Waals surface area contributed by atoms with E-state index in [1.807, 2.05) is 24.3 Å². The molecule has 0 amide bonds. The maximum atomic E-state index is 6.05. The monoisotopic (exact) mass is 365 g/mol. The van der Waals surface area contributed by atoms with Gasteiger partial charge >= 0.3 is 0 Å². The van der Waals surface area contributed by atoms with Crippen LogP contribution >= 0.6 is 11.6 Å². The van der Waals surface area contributed by atoms with Gasteiger partial charge in [-0.25, -0.2) is 0 Å². The number of halogens is 1. The van der Waals surface area contributed by atoms with E-state index in [2.05, 4.69) is 15.0 Å². The van der Waals surface area contributed by atoms with Crippen molar-refractivity contribution in [1.82, 2.24) is 9.80 Å². The van der Waals surface area contributed by atoms with Crippen molar-refractivity contribution in [3.05, 3.63) is 34.9 Å². The molecule has 1 aromatic carbocycles. The lowest BCUT2D eigenvalue weighted by molar-refractivity contribution is -0.102. The van der Waals surface area contributed by atoms with Crippen LogP contribution in [0.3, 0.4) is 0 Å². The Morgan fingerprint density at radius 1 is 0.960 bits per heavy atom. The number of nitrogens with zero attached hydrogens (tertiary/aromatic N) is 3. The Morgan fingerprint density at radius 2 is 1.60 bits per heavy atom. The van der Waals surface area contributed by atoms with Gasteiger partial charge in [-0.2, -0.15) is 0 Å². The molecule has 0 spiro atoms. The molecule has 0 N–H and O–H groups in total. The molecule has 4 rings (SSSR count). The predicted molar refractivity (Wildman–Crippen MR) is 96.0 cm³/mol. The Kier molecular flexibility index (Phi) is 5.53. The van der Waals surface area contributed by atoms with Crippen molar-refractivity contribution in [1.29, 1.82) is 0 Å². The molecule has 1 aromatic rings. The summed E-state index contributed by atoms with van der Waals surface area (Å²) in [5, 5.41) is 5.21. The van der Waals surface area contributed by atoms with Gasteiger partial charge in [0.25, 0.3) is 0 Å². The van der Waals surface area contributed by atoms with Crippen molar-refractivity contribution in [3.8, 4) is 0 Å². The second-order valence-corrected chi connectivity index (χ2v) is 7.08.